The lowest BCUT2D eigenvalue weighted by Gasteiger charge is -2.36. The van der Waals surface area contributed by atoms with Crippen LogP contribution < -0.4 is 10.6 Å². The molecule has 1 saturated carbocycles. The first-order valence-corrected chi connectivity index (χ1v) is 13.5. The molecule has 1 aromatic rings. The monoisotopic (exact) mass is 469 g/mol. The fraction of sp³-hybridized carbons (Fsp3) is 0.714. The molecule has 1 aliphatic heterocycles. The van der Waals surface area contributed by atoms with Crippen molar-refractivity contribution >= 4 is 11.8 Å². The lowest BCUT2D eigenvalue weighted by atomic mass is 9.83. The van der Waals surface area contributed by atoms with Crippen LogP contribution in [0, 0.1) is 11.8 Å². The number of fused-ring (bicyclic) bond motifs is 1. The van der Waals surface area contributed by atoms with E-state index in [1.807, 2.05) is 19.1 Å². The SMILES string of the molecule is CC[C@@H](C)C(=O)N[C@H](CN1CCC[C@H]1C(=O)N[C@H]1c2ccccc2C[C@H]1OC)C1CCCCC1. The maximum Gasteiger partial charge on any atom is 0.237 e. The quantitative estimate of drug-likeness (QED) is 0.574. The Labute approximate surface area is 205 Å². The molecular weight excluding hydrogens is 426 g/mol. The number of amides is 2. The van der Waals surface area contributed by atoms with E-state index in [0.29, 0.717) is 5.92 Å². The first-order chi connectivity index (χ1) is 16.5. The van der Waals surface area contributed by atoms with E-state index in [1.165, 1.54) is 43.2 Å². The minimum atomic E-state index is -0.142. The zero-order valence-electron chi connectivity index (χ0n) is 21.2. The molecule has 1 heterocycles. The normalized spacial score (nSPS) is 27.2. The number of benzene rings is 1. The number of carbonyl (C=O) groups excluding carboxylic acids is 2. The second-order valence-electron chi connectivity index (χ2n) is 10.6. The highest BCUT2D eigenvalue weighted by Gasteiger charge is 2.39. The minimum Gasteiger partial charge on any atom is -0.379 e. The molecule has 0 unspecified atom stereocenters. The van der Waals surface area contributed by atoms with Gasteiger partial charge in [0.05, 0.1) is 18.2 Å². The van der Waals surface area contributed by atoms with Gasteiger partial charge in [0.25, 0.3) is 0 Å². The Kier molecular flexibility index (Phi) is 8.65. The predicted octanol–water partition coefficient (Wildman–Crippen LogP) is 3.99. The van der Waals surface area contributed by atoms with E-state index >= 15 is 0 Å². The molecule has 0 radical (unpaired) electrons. The van der Waals surface area contributed by atoms with Crippen molar-refractivity contribution in [1.29, 1.82) is 0 Å². The van der Waals surface area contributed by atoms with Gasteiger partial charge in [-0.15, -0.1) is 0 Å². The molecule has 34 heavy (non-hydrogen) atoms. The Bertz CT molecular complexity index is 838. The smallest absolute Gasteiger partial charge is 0.237 e. The minimum absolute atomic E-state index is 0.0252. The molecule has 0 bridgehead atoms. The summed E-state index contributed by atoms with van der Waals surface area (Å²) in [4.78, 5) is 28.7. The van der Waals surface area contributed by atoms with E-state index in [4.69, 9.17) is 4.74 Å². The van der Waals surface area contributed by atoms with E-state index < -0.39 is 0 Å². The summed E-state index contributed by atoms with van der Waals surface area (Å²) in [7, 11) is 1.73. The van der Waals surface area contributed by atoms with Crippen molar-refractivity contribution in [2.75, 3.05) is 20.2 Å². The van der Waals surface area contributed by atoms with Crippen molar-refractivity contribution in [3.63, 3.8) is 0 Å². The highest BCUT2D eigenvalue weighted by molar-refractivity contribution is 5.83. The van der Waals surface area contributed by atoms with E-state index in [0.717, 1.165) is 38.8 Å². The van der Waals surface area contributed by atoms with E-state index in [2.05, 4.69) is 34.6 Å². The van der Waals surface area contributed by atoms with Gasteiger partial charge in [-0.1, -0.05) is 57.4 Å². The zero-order valence-corrected chi connectivity index (χ0v) is 21.2. The van der Waals surface area contributed by atoms with Crippen LogP contribution in [0.5, 0.6) is 0 Å². The summed E-state index contributed by atoms with van der Waals surface area (Å²) in [5.41, 5.74) is 2.43. The van der Waals surface area contributed by atoms with Crippen LogP contribution >= 0.6 is 0 Å². The molecule has 188 valence electrons. The number of hydrogen-bond donors (Lipinski definition) is 2. The third-order valence-electron chi connectivity index (χ3n) is 8.49. The largest absolute Gasteiger partial charge is 0.379 e. The molecule has 6 nitrogen and oxygen atoms in total. The van der Waals surface area contributed by atoms with Crippen molar-refractivity contribution < 1.29 is 14.3 Å². The summed E-state index contributed by atoms with van der Waals surface area (Å²) in [6.45, 7) is 5.75. The van der Waals surface area contributed by atoms with Crippen LogP contribution in [-0.2, 0) is 20.7 Å². The van der Waals surface area contributed by atoms with Crippen molar-refractivity contribution in [1.82, 2.24) is 15.5 Å². The molecule has 2 N–H and O–H groups in total. The van der Waals surface area contributed by atoms with Gasteiger partial charge in [0.1, 0.15) is 0 Å². The van der Waals surface area contributed by atoms with Gasteiger partial charge < -0.3 is 15.4 Å². The third kappa shape index (κ3) is 5.65. The number of rotatable bonds is 9. The van der Waals surface area contributed by atoms with Gasteiger partial charge in [-0.2, -0.15) is 0 Å². The summed E-state index contributed by atoms with van der Waals surface area (Å²) in [6.07, 6.45) is 9.65. The lowest BCUT2D eigenvalue weighted by Crippen LogP contribution is -2.53. The lowest BCUT2D eigenvalue weighted by molar-refractivity contribution is -0.127. The fourth-order valence-corrected chi connectivity index (χ4v) is 6.15. The van der Waals surface area contributed by atoms with Gasteiger partial charge in [-0.3, -0.25) is 14.5 Å². The number of ether oxygens (including phenoxy) is 1. The Morgan fingerprint density at radius 2 is 1.88 bits per heavy atom. The Hall–Kier alpha value is -1.92. The van der Waals surface area contributed by atoms with Gasteiger partial charge in [-0.25, -0.2) is 0 Å². The first-order valence-electron chi connectivity index (χ1n) is 13.5. The van der Waals surface area contributed by atoms with Gasteiger partial charge in [0, 0.05) is 32.0 Å². The summed E-state index contributed by atoms with van der Waals surface area (Å²) < 4.78 is 5.74. The second-order valence-corrected chi connectivity index (χ2v) is 10.6. The van der Waals surface area contributed by atoms with Crippen molar-refractivity contribution in [3.05, 3.63) is 35.4 Å². The Balaban J connectivity index is 1.44. The molecule has 1 aromatic carbocycles. The number of hydrogen-bond acceptors (Lipinski definition) is 4. The Morgan fingerprint density at radius 3 is 2.62 bits per heavy atom. The first kappa shape index (κ1) is 25.2. The third-order valence-corrected chi connectivity index (χ3v) is 8.49. The number of likely N-dealkylation sites (tertiary alicyclic amines) is 1. The number of methoxy groups -OCH3 is 1. The van der Waals surface area contributed by atoms with Crippen molar-refractivity contribution in [3.8, 4) is 0 Å². The maximum absolute atomic E-state index is 13.5. The maximum atomic E-state index is 13.5. The zero-order chi connectivity index (χ0) is 24.1. The van der Waals surface area contributed by atoms with E-state index in [1.54, 1.807) is 7.11 Å². The molecule has 6 heteroatoms. The molecule has 3 aliphatic rings. The topological polar surface area (TPSA) is 70.7 Å². The number of nitrogens with zero attached hydrogens (tertiary/aromatic N) is 1. The molecule has 4 rings (SSSR count). The van der Waals surface area contributed by atoms with Crippen LogP contribution in [0.15, 0.2) is 24.3 Å². The average molecular weight is 470 g/mol. The summed E-state index contributed by atoms with van der Waals surface area (Å²) in [6, 6.07) is 8.20. The fourth-order valence-electron chi connectivity index (χ4n) is 6.15. The molecule has 0 spiro atoms. The molecule has 0 aromatic heterocycles. The van der Waals surface area contributed by atoms with Gasteiger partial charge >= 0.3 is 0 Å². The summed E-state index contributed by atoms with van der Waals surface area (Å²) in [5.74, 6) is 0.781. The predicted molar refractivity (Wildman–Crippen MR) is 134 cm³/mol. The van der Waals surface area contributed by atoms with Crippen LogP contribution in [0.3, 0.4) is 0 Å². The summed E-state index contributed by atoms with van der Waals surface area (Å²) >= 11 is 0. The van der Waals surface area contributed by atoms with Crippen LogP contribution in [0.2, 0.25) is 0 Å². The van der Waals surface area contributed by atoms with E-state index in [9.17, 15) is 9.59 Å². The van der Waals surface area contributed by atoms with Crippen LogP contribution in [0.25, 0.3) is 0 Å². The highest BCUT2D eigenvalue weighted by atomic mass is 16.5. The van der Waals surface area contributed by atoms with Gasteiger partial charge in [-0.05, 0) is 55.7 Å². The van der Waals surface area contributed by atoms with Gasteiger partial charge in [0.2, 0.25) is 11.8 Å². The molecule has 5 atom stereocenters. The van der Waals surface area contributed by atoms with Crippen molar-refractivity contribution in [2.45, 2.75) is 95.9 Å². The highest BCUT2D eigenvalue weighted by Crippen LogP contribution is 2.34. The molecule has 2 fully saturated rings. The Morgan fingerprint density at radius 1 is 1.12 bits per heavy atom. The molecular formula is C28H43N3O3. The standard InChI is InChI=1S/C28H43N3O3/c1-4-19(2)27(32)29-23(20-11-6-5-7-12-20)18-31-16-10-15-24(31)28(33)30-26-22-14-9-8-13-21(22)17-25(26)34-3/h8-9,13-14,19-20,23-26H,4-7,10-12,15-18H2,1-3H3,(H,29,32)(H,30,33)/t19-,23-,24+,25-,26+/m1/s1. The number of nitrogens with one attached hydrogen (secondary N) is 2. The second kappa shape index (κ2) is 11.7. The van der Waals surface area contributed by atoms with Gasteiger partial charge in [0.15, 0.2) is 0 Å². The van der Waals surface area contributed by atoms with Crippen LogP contribution in [0.1, 0.15) is 82.4 Å². The molecule has 2 amide bonds. The molecule has 2 aliphatic carbocycles. The summed E-state index contributed by atoms with van der Waals surface area (Å²) in [5, 5.41) is 6.73. The van der Waals surface area contributed by atoms with Crippen LogP contribution in [-0.4, -0.2) is 55.1 Å². The number of carbonyl (C=O) groups is 2. The molecule has 1 saturated heterocycles. The van der Waals surface area contributed by atoms with E-state index in [-0.39, 0.29) is 42.0 Å². The van der Waals surface area contributed by atoms with Crippen molar-refractivity contribution in [2.24, 2.45) is 11.8 Å². The average Bonchev–Trinajstić information content (AvgIpc) is 3.48. The van der Waals surface area contributed by atoms with Crippen LogP contribution in [0.4, 0.5) is 0 Å².